The predicted octanol–water partition coefficient (Wildman–Crippen LogP) is 1.89. The Bertz CT molecular complexity index is 609. The molecule has 1 aromatic rings. The van der Waals surface area contributed by atoms with E-state index >= 15 is 0 Å². The quantitative estimate of drug-likeness (QED) is 0.801. The maximum absolute atomic E-state index is 12.5. The lowest BCUT2D eigenvalue weighted by atomic mass is 10.1. The Morgan fingerprint density at radius 2 is 1.92 bits per heavy atom. The molecule has 0 aromatic heterocycles. The Hall–Kier alpha value is -1.88. The van der Waals surface area contributed by atoms with Gasteiger partial charge < -0.3 is 16.0 Å². The molecule has 1 aliphatic rings. The fourth-order valence-electron chi connectivity index (χ4n) is 2.59. The van der Waals surface area contributed by atoms with E-state index < -0.39 is 6.04 Å². The summed E-state index contributed by atoms with van der Waals surface area (Å²) in [7, 11) is 0. The van der Waals surface area contributed by atoms with Crippen molar-refractivity contribution >= 4 is 11.8 Å². The lowest BCUT2D eigenvalue weighted by Gasteiger charge is -2.24. The summed E-state index contributed by atoms with van der Waals surface area (Å²) in [4.78, 5) is 26.4. The van der Waals surface area contributed by atoms with Crippen LogP contribution in [0.4, 0.5) is 0 Å². The van der Waals surface area contributed by atoms with Crippen LogP contribution < -0.4 is 11.1 Å². The summed E-state index contributed by atoms with van der Waals surface area (Å²) in [5, 5.41) is 2.68. The zero-order chi connectivity index (χ0) is 17.9. The van der Waals surface area contributed by atoms with Gasteiger partial charge in [0, 0.05) is 12.6 Å². The standard InChI is InChI=1S/C19H29N3O2/c1-12(2)18(20)19(24)21-10-17(23)22(16-7-8-16)11-15-6-5-13(3)14(4)9-15/h5-6,9,12,16,18H,7-8,10-11,20H2,1-4H3,(H,21,24)/t18-/m0/s1. The van der Waals surface area contributed by atoms with Gasteiger partial charge in [-0.1, -0.05) is 32.0 Å². The van der Waals surface area contributed by atoms with Crippen LogP contribution in [-0.4, -0.2) is 35.3 Å². The van der Waals surface area contributed by atoms with E-state index in [0.717, 1.165) is 18.4 Å². The Balaban J connectivity index is 1.96. The number of carbonyl (C=O) groups excluding carboxylic acids is 2. The molecule has 0 spiro atoms. The highest BCUT2D eigenvalue weighted by molar-refractivity contribution is 5.87. The highest BCUT2D eigenvalue weighted by atomic mass is 16.2. The molecule has 1 aliphatic carbocycles. The first-order chi connectivity index (χ1) is 11.3. The topological polar surface area (TPSA) is 75.4 Å². The monoisotopic (exact) mass is 331 g/mol. The van der Waals surface area contributed by atoms with Crippen molar-refractivity contribution in [1.29, 1.82) is 0 Å². The van der Waals surface area contributed by atoms with Gasteiger partial charge in [0.15, 0.2) is 0 Å². The van der Waals surface area contributed by atoms with Gasteiger partial charge in [0.25, 0.3) is 0 Å². The summed E-state index contributed by atoms with van der Waals surface area (Å²) in [6.07, 6.45) is 2.08. The molecule has 24 heavy (non-hydrogen) atoms. The van der Waals surface area contributed by atoms with Crippen LogP contribution in [0.25, 0.3) is 0 Å². The first-order valence-electron chi connectivity index (χ1n) is 8.68. The maximum atomic E-state index is 12.5. The second-order valence-electron chi connectivity index (χ2n) is 7.16. The molecule has 2 amide bonds. The molecular weight excluding hydrogens is 302 g/mol. The molecule has 0 unspecified atom stereocenters. The van der Waals surface area contributed by atoms with Crippen LogP contribution in [-0.2, 0) is 16.1 Å². The van der Waals surface area contributed by atoms with E-state index in [0.29, 0.717) is 12.6 Å². The molecule has 0 heterocycles. The predicted molar refractivity (Wildman–Crippen MR) is 95.3 cm³/mol. The Labute approximate surface area is 144 Å². The fourth-order valence-corrected chi connectivity index (χ4v) is 2.59. The van der Waals surface area contributed by atoms with Gasteiger partial charge in [-0.05, 0) is 49.3 Å². The third-order valence-corrected chi connectivity index (χ3v) is 4.67. The number of hydrogen-bond donors (Lipinski definition) is 2. The van der Waals surface area contributed by atoms with Gasteiger partial charge in [0.1, 0.15) is 0 Å². The first kappa shape index (κ1) is 18.5. The molecule has 1 saturated carbocycles. The highest BCUT2D eigenvalue weighted by Gasteiger charge is 2.32. The molecule has 5 nitrogen and oxygen atoms in total. The van der Waals surface area contributed by atoms with Crippen LogP contribution in [0.1, 0.15) is 43.4 Å². The number of hydrogen-bond acceptors (Lipinski definition) is 3. The van der Waals surface area contributed by atoms with Gasteiger partial charge in [-0.25, -0.2) is 0 Å². The van der Waals surface area contributed by atoms with E-state index in [1.165, 1.54) is 11.1 Å². The number of benzene rings is 1. The maximum Gasteiger partial charge on any atom is 0.242 e. The smallest absolute Gasteiger partial charge is 0.242 e. The van der Waals surface area contributed by atoms with Crippen LogP contribution >= 0.6 is 0 Å². The van der Waals surface area contributed by atoms with Crippen LogP contribution in [0, 0.1) is 19.8 Å². The Morgan fingerprint density at radius 1 is 1.25 bits per heavy atom. The molecule has 132 valence electrons. The Morgan fingerprint density at radius 3 is 2.46 bits per heavy atom. The van der Waals surface area contributed by atoms with Crippen molar-refractivity contribution in [2.75, 3.05) is 6.54 Å². The lowest BCUT2D eigenvalue weighted by Crippen LogP contribution is -2.48. The average molecular weight is 331 g/mol. The number of nitrogens with zero attached hydrogens (tertiary/aromatic N) is 1. The van der Waals surface area contributed by atoms with Gasteiger partial charge in [-0.15, -0.1) is 0 Å². The van der Waals surface area contributed by atoms with Crippen LogP contribution in [0.2, 0.25) is 0 Å². The normalized spacial score (nSPS) is 15.2. The van der Waals surface area contributed by atoms with Crippen LogP contribution in [0.5, 0.6) is 0 Å². The molecule has 3 N–H and O–H groups in total. The second kappa shape index (κ2) is 7.79. The average Bonchev–Trinajstić information content (AvgIpc) is 3.37. The van der Waals surface area contributed by atoms with E-state index in [4.69, 9.17) is 5.73 Å². The molecule has 1 fully saturated rings. The van der Waals surface area contributed by atoms with Crippen molar-refractivity contribution in [3.05, 3.63) is 34.9 Å². The number of nitrogens with two attached hydrogens (primary N) is 1. The number of rotatable bonds is 7. The second-order valence-corrected chi connectivity index (χ2v) is 7.16. The van der Waals surface area contributed by atoms with Crippen molar-refractivity contribution in [1.82, 2.24) is 10.2 Å². The van der Waals surface area contributed by atoms with Gasteiger partial charge in [0.2, 0.25) is 11.8 Å². The first-order valence-corrected chi connectivity index (χ1v) is 8.68. The van der Waals surface area contributed by atoms with Crippen molar-refractivity contribution in [3.8, 4) is 0 Å². The molecule has 0 bridgehead atoms. The summed E-state index contributed by atoms with van der Waals surface area (Å²) >= 11 is 0. The lowest BCUT2D eigenvalue weighted by molar-refractivity contribution is -0.134. The summed E-state index contributed by atoms with van der Waals surface area (Å²) in [5.41, 5.74) is 9.42. The van der Waals surface area contributed by atoms with E-state index in [1.807, 2.05) is 18.7 Å². The zero-order valence-electron chi connectivity index (χ0n) is 15.1. The third-order valence-electron chi connectivity index (χ3n) is 4.67. The van der Waals surface area contributed by atoms with Gasteiger partial charge in [-0.3, -0.25) is 9.59 Å². The van der Waals surface area contributed by atoms with Crippen molar-refractivity contribution in [2.45, 2.75) is 59.2 Å². The summed E-state index contributed by atoms with van der Waals surface area (Å²) in [6.45, 7) is 8.55. The van der Waals surface area contributed by atoms with Gasteiger partial charge >= 0.3 is 0 Å². The zero-order valence-corrected chi connectivity index (χ0v) is 15.1. The summed E-state index contributed by atoms with van der Waals surface area (Å²) < 4.78 is 0. The largest absolute Gasteiger partial charge is 0.346 e. The minimum atomic E-state index is -0.577. The van der Waals surface area contributed by atoms with Crippen molar-refractivity contribution < 1.29 is 9.59 Å². The molecule has 2 rings (SSSR count). The van der Waals surface area contributed by atoms with Gasteiger partial charge in [0.05, 0.1) is 12.6 Å². The molecule has 1 aromatic carbocycles. The van der Waals surface area contributed by atoms with E-state index in [9.17, 15) is 9.59 Å². The van der Waals surface area contributed by atoms with Crippen LogP contribution in [0.3, 0.4) is 0 Å². The van der Waals surface area contributed by atoms with E-state index in [1.54, 1.807) is 0 Å². The fraction of sp³-hybridized carbons (Fsp3) is 0.579. The molecule has 5 heteroatoms. The number of nitrogens with one attached hydrogen (secondary N) is 1. The minimum Gasteiger partial charge on any atom is -0.346 e. The minimum absolute atomic E-state index is 0.0145. The van der Waals surface area contributed by atoms with Gasteiger partial charge in [-0.2, -0.15) is 0 Å². The third kappa shape index (κ3) is 4.81. The van der Waals surface area contributed by atoms with E-state index in [2.05, 4.69) is 37.4 Å². The number of amides is 2. The van der Waals surface area contributed by atoms with Crippen LogP contribution in [0.15, 0.2) is 18.2 Å². The van der Waals surface area contributed by atoms with E-state index in [-0.39, 0.29) is 24.3 Å². The van der Waals surface area contributed by atoms with Crippen molar-refractivity contribution in [2.24, 2.45) is 11.7 Å². The molecule has 0 radical (unpaired) electrons. The SMILES string of the molecule is Cc1ccc(CN(C(=O)CNC(=O)[C@@H](N)C(C)C)C2CC2)cc1C. The molecule has 0 saturated heterocycles. The Kier molecular flexibility index (Phi) is 5.99. The number of aryl methyl sites for hydroxylation is 2. The van der Waals surface area contributed by atoms with Crippen molar-refractivity contribution in [3.63, 3.8) is 0 Å². The number of carbonyl (C=O) groups is 2. The summed E-state index contributed by atoms with van der Waals surface area (Å²) in [6, 6.07) is 6.01. The molecular formula is C19H29N3O2. The summed E-state index contributed by atoms with van der Waals surface area (Å²) in [5.74, 6) is -0.254. The molecule has 0 aliphatic heterocycles. The highest BCUT2D eigenvalue weighted by Crippen LogP contribution is 2.28. The molecule has 1 atom stereocenters.